The predicted octanol–water partition coefficient (Wildman–Crippen LogP) is 4.17. The minimum atomic E-state index is -4.59. The fraction of sp³-hybridized carbons (Fsp3) is 0.286. The number of carbonyl (C=O) groups excluding carboxylic acids is 3. The summed E-state index contributed by atoms with van der Waals surface area (Å²) in [5.74, 6) is -0.596. The van der Waals surface area contributed by atoms with E-state index in [1.165, 1.54) is 9.80 Å². The van der Waals surface area contributed by atoms with Crippen LogP contribution in [0.15, 0.2) is 48.5 Å². The highest BCUT2D eigenvalue weighted by molar-refractivity contribution is 7.59. The van der Waals surface area contributed by atoms with E-state index in [9.17, 15) is 27.6 Å². The summed E-state index contributed by atoms with van der Waals surface area (Å²) in [6, 6.07) is 9.04. The Balaban J connectivity index is 0.00000289. The van der Waals surface area contributed by atoms with Crippen LogP contribution in [0.5, 0.6) is 0 Å². The molecule has 4 rings (SSSR count). The summed E-state index contributed by atoms with van der Waals surface area (Å²) in [5, 5.41) is 2.31. The number of amides is 3. The lowest BCUT2D eigenvalue weighted by Gasteiger charge is -2.25. The normalized spacial score (nSPS) is 20.1. The maximum absolute atomic E-state index is 13.0. The first-order valence-corrected chi connectivity index (χ1v) is 9.87. The molecule has 3 amide bonds. The smallest absolute Gasteiger partial charge is 0.326 e. The third kappa shape index (κ3) is 4.42. The van der Waals surface area contributed by atoms with Gasteiger partial charge >= 0.3 is 12.2 Å². The third-order valence-electron chi connectivity index (χ3n) is 5.50. The molecule has 170 valence electrons. The molecule has 0 spiro atoms. The van der Waals surface area contributed by atoms with Gasteiger partial charge in [-0.25, -0.2) is 4.79 Å². The zero-order valence-corrected chi connectivity index (χ0v) is 18.3. The molecule has 0 bridgehead atoms. The molecule has 2 heterocycles. The van der Waals surface area contributed by atoms with Gasteiger partial charge in [0.2, 0.25) is 0 Å². The van der Waals surface area contributed by atoms with Crippen molar-refractivity contribution in [1.29, 1.82) is 0 Å². The lowest BCUT2D eigenvalue weighted by Crippen LogP contribution is -2.45. The SMILES string of the molecule is O=C1CN(C(=O)c2ccccc2)[C@@H]2CCN(C(=O)Nc3cc(C(F)(F)F)ccc3Cl)[C@H]12.S. The van der Waals surface area contributed by atoms with Crippen LogP contribution in [-0.2, 0) is 11.0 Å². The summed E-state index contributed by atoms with van der Waals surface area (Å²) >= 11 is 5.95. The van der Waals surface area contributed by atoms with Gasteiger partial charge < -0.3 is 15.1 Å². The van der Waals surface area contributed by atoms with Gasteiger partial charge in [0, 0.05) is 12.1 Å². The summed E-state index contributed by atoms with van der Waals surface area (Å²) in [7, 11) is 0. The number of ketones is 1. The van der Waals surface area contributed by atoms with Crippen molar-refractivity contribution >= 4 is 48.5 Å². The molecule has 6 nitrogen and oxygen atoms in total. The molecule has 1 N–H and O–H groups in total. The Morgan fingerprint density at radius 3 is 2.41 bits per heavy atom. The van der Waals surface area contributed by atoms with Crippen LogP contribution in [0, 0.1) is 0 Å². The van der Waals surface area contributed by atoms with Gasteiger partial charge in [0.15, 0.2) is 5.78 Å². The highest BCUT2D eigenvalue weighted by atomic mass is 35.5. The molecule has 0 aromatic heterocycles. The Labute approximate surface area is 193 Å². The quantitative estimate of drug-likeness (QED) is 0.694. The van der Waals surface area contributed by atoms with Gasteiger partial charge in [0.1, 0.15) is 6.04 Å². The highest BCUT2D eigenvalue weighted by Crippen LogP contribution is 2.35. The number of likely N-dealkylation sites (tertiary alicyclic amines) is 2. The number of hydrogen-bond acceptors (Lipinski definition) is 3. The summed E-state index contributed by atoms with van der Waals surface area (Å²) in [6.45, 7) is 0.0548. The van der Waals surface area contributed by atoms with Gasteiger partial charge in [-0.15, -0.1) is 0 Å². The molecule has 2 saturated heterocycles. The molecular weight excluding hydrogens is 467 g/mol. The molecule has 0 unspecified atom stereocenters. The predicted molar refractivity (Wildman–Crippen MR) is 117 cm³/mol. The van der Waals surface area contributed by atoms with E-state index in [-0.39, 0.29) is 49.0 Å². The number of fused-ring (bicyclic) bond motifs is 1. The Morgan fingerprint density at radius 1 is 1.06 bits per heavy atom. The molecular formula is C21H19ClF3N3O3S. The van der Waals surface area contributed by atoms with Crippen LogP contribution < -0.4 is 5.32 Å². The Bertz CT molecular complexity index is 1050. The monoisotopic (exact) mass is 485 g/mol. The van der Waals surface area contributed by atoms with Crippen molar-refractivity contribution < 1.29 is 27.6 Å². The molecule has 32 heavy (non-hydrogen) atoms. The number of urea groups is 1. The number of hydrogen-bond donors (Lipinski definition) is 1. The van der Waals surface area contributed by atoms with Crippen LogP contribution in [0.4, 0.5) is 23.7 Å². The van der Waals surface area contributed by atoms with Crippen LogP contribution in [0.1, 0.15) is 22.3 Å². The van der Waals surface area contributed by atoms with E-state index in [0.29, 0.717) is 12.0 Å². The fourth-order valence-electron chi connectivity index (χ4n) is 4.05. The van der Waals surface area contributed by atoms with E-state index >= 15 is 0 Å². The topological polar surface area (TPSA) is 69.7 Å². The van der Waals surface area contributed by atoms with E-state index in [2.05, 4.69) is 5.32 Å². The number of alkyl halides is 3. The van der Waals surface area contributed by atoms with Crippen molar-refractivity contribution in [3.8, 4) is 0 Å². The summed E-state index contributed by atoms with van der Waals surface area (Å²) < 4.78 is 38.9. The second-order valence-electron chi connectivity index (χ2n) is 7.38. The maximum Gasteiger partial charge on any atom is 0.416 e. The Kier molecular flexibility index (Phi) is 6.75. The number of rotatable bonds is 2. The van der Waals surface area contributed by atoms with Gasteiger partial charge in [-0.2, -0.15) is 26.7 Å². The summed E-state index contributed by atoms with van der Waals surface area (Å²) in [6.07, 6.45) is -4.21. The first-order chi connectivity index (χ1) is 14.7. The first kappa shape index (κ1) is 23.9. The van der Waals surface area contributed by atoms with Crippen molar-refractivity contribution in [3.05, 3.63) is 64.7 Å². The molecule has 2 aliphatic rings. The highest BCUT2D eigenvalue weighted by Gasteiger charge is 2.51. The van der Waals surface area contributed by atoms with Crippen LogP contribution in [0.25, 0.3) is 0 Å². The van der Waals surface area contributed by atoms with E-state index in [4.69, 9.17) is 11.6 Å². The first-order valence-electron chi connectivity index (χ1n) is 9.50. The van der Waals surface area contributed by atoms with Crippen molar-refractivity contribution in [2.45, 2.75) is 24.7 Å². The van der Waals surface area contributed by atoms with Gasteiger partial charge in [0.25, 0.3) is 5.91 Å². The molecule has 2 atom stereocenters. The van der Waals surface area contributed by atoms with Gasteiger partial charge in [-0.1, -0.05) is 29.8 Å². The van der Waals surface area contributed by atoms with Gasteiger partial charge in [-0.3, -0.25) is 9.59 Å². The lowest BCUT2D eigenvalue weighted by molar-refractivity contribution is -0.137. The zero-order chi connectivity index (χ0) is 22.3. The third-order valence-corrected chi connectivity index (χ3v) is 5.83. The standard InChI is InChI=1S/C21H17ClF3N3O3.H2S/c22-14-7-6-13(21(23,24)25)10-15(14)26-20(31)27-9-8-16-18(27)17(29)11-28(16)19(30)12-4-2-1-3-5-12;/h1-7,10,16,18H,8-9,11H2,(H,26,31);1H2/t16-,18+;/m1./s1. The molecule has 2 aromatic rings. The average molecular weight is 486 g/mol. The van der Waals surface area contributed by atoms with Crippen LogP contribution in [0.2, 0.25) is 5.02 Å². The minimum absolute atomic E-state index is 0. The Hall–Kier alpha value is -2.72. The second-order valence-corrected chi connectivity index (χ2v) is 7.79. The van der Waals surface area contributed by atoms with E-state index in [1.807, 2.05) is 0 Å². The molecule has 11 heteroatoms. The number of benzene rings is 2. The second kappa shape index (κ2) is 9.03. The average Bonchev–Trinajstić information content (AvgIpc) is 3.30. The molecule has 2 aromatic carbocycles. The van der Waals surface area contributed by atoms with Crippen molar-refractivity contribution in [2.75, 3.05) is 18.4 Å². The lowest BCUT2D eigenvalue weighted by atomic mass is 10.1. The van der Waals surface area contributed by atoms with E-state index < -0.39 is 29.9 Å². The summed E-state index contributed by atoms with van der Waals surface area (Å²) in [4.78, 5) is 40.9. The molecule has 0 aliphatic carbocycles. The van der Waals surface area contributed by atoms with Crippen molar-refractivity contribution in [2.24, 2.45) is 0 Å². The Morgan fingerprint density at radius 2 is 1.75 bits per heavy atom. The van der Waals surface area contributed by atoms with E-state index in [0.717, 1.165) is 18.2 Å². The number of halogens is 4. The number of anilines is 1. The fourth-order valence-corrected chi connectivity index (χ4v) is 4.22. The van der Waals surface area contributed by atoms with Crippen molar-refractivity contribution in [1.82, 2.24) is 9.80 Å². The van der Waals surface area contributed by atoms with Gasteiger partial charge in [-0.05, 0) is 36.8 Å². The van der Waals surface area contributed by atoms with Gasteiger partial charge in [0.05, 0.1) is 28.9 Å². The maximum atomic E-state index is 13.0. The van der Waals surface area contributed by atoms with Crippen molar-refractivity contribution in [3.63, 3.8) is 0 Å². The molecule has 2 aliphatic heterocycles. The molecule has 2 fully saturated rings. The molecule has 0 saturated carbocycles. The number of nitrogens with one attached hydrogen (secondary N) is 1. The number of nitrogens with zero attached hydrogens (tertiary/aromatic N) is 2. The van der Waals surface area contributed by atoms with Crippen LogP contribution >= 0.6 is 25.1 Å². The summed E-state index contributed by atoms with van der Waals surface area (Å²) in [5.41, 5.74) is -0.717. The minimum Gasteiger partial charge on any atom is -0.326 e. The largest absolute Gasteiger partial charge is 0.416 e. The number of carbonyl (C=O) groups is 3. The van der Waals surface area contributed by atoms with Crippen LogP contribution in [0.3, 0.4) is 0 Å². The number of Topliss-reactive ketones (excluding diaryl/α,β-unsaturated/α-hetero) is 1. The van der Waals surface area contributed by atoms with Crippen LogP contribution in [-0.4, -0.2) is 52.7 Å². The zero-order valence-electron chi connectivity index (χ0n) is 16.5. The molecule has 0 radical (unpaired) electrons. The van der Waals surface area contributed by atoms with E-state index in [1.54, 1.807) is 30.3 Å².